The molecule has 0 spiro atoms. The number of carbonyl (C=O) groups excluding carboxylic acids is 1. The summed E-state index contributed by atoms with van der Waals surface area (Å²) in [7, 11) is 0. The van der Waals surface area contributed by atoms with Gasteiger partial charge in [-0.2, -0.15) is 0 Å². The van der Waals surface area contributed by atoms with Gasteiger partial charge >= 0.3 is 12.0 Å². The monoisotopic (exact) mass is 356 g/mol. The van der Waals surface area contributed by atoms with Crippen LogP contribution >= 0.6 is 15.9 Å². The molecule has 7 heteroatoms. The van der Waals surface area contributed by atoms with Crippen molar-refractivity contribution in [1.82, 2.24) is 4.90 Å². The van der Waals surface area contributed by atoms with Gasteiger partial charge in [0.25, 0.3) is 0 Å². The Morgan fingerprint density at radius 1 is 1.52 bits per heavy atom. The smallest absolute Gasteiger partial charge is 0.322 e. The number of carbonyl (C=O) groups is 2. The Kier molecular flexibility index (Phi) is 5.19. The van der Waals surface area contributed by atoms with E-state index >= 15 is 0 Å². The van der Waals surface area contributed by atoms with Gasteiger partial charge in [0.2, 0.25) is 0 Å². The maximum Gasteiger partial charge on any atom is 0.322 e. The van der Waals surface area contributed by atoms with Crippen LogP contribution in [0, 0.1) is 6.92 Å². The van der Waals surface area contributed by atoms with E-state index in [1.165, 1.54) is 0 Å². The molecule has 6 nitrogen and oxygen atoms in total. The number of benzene rings is 1. The number of hydrogen-bond donors (Lipinski definition) is 2. The first kappa shape index (κ1) is 15.8. The normalized spacial score (nSPS) is 18.4. The topological polar surface area (TPSA) is 78.9 Å². The molecule has 1 saturated heterocycles. The number of hydrogen-bond acceptors (Lipinski definition) is 3. The van der Waals surface area contributed by atoms with Crippen molar-refractivity contribution in [2.75, 3.05) is 25.0 Å². The SMILES string of the molecule is Cc1cccc(NC(=O)N2CCOC(CC(=O)O)C2)c1Br. The van der Waals surface area contributed by atoms with Gasteiger partial charge < -0.3 is 20.1 Å². The van der Waals surface area contributed by atoms with E-state index in [2.05, 4.69) is 21.2 Å². The number of aliphatic carboxylic acids is 1. The van der Waals surface area contributed by atoms with Crippen LogP contribution in [0.2, 0.25) is 0 Å². The van der Waals surface area contributed by atoms with E-state index in [0.717, 1.165) is 10.0 Å². The molecule has 2 N–H and O–H groups in total. The summed E-state index contributed by atoms with van der Waals surface area (Å²) in [4.78, 5) is 24.5. The molecule has 1 aromatic rings. The van der Waals surface area contributed by atoms with Crippen molar-refractivity contribution in [2.45, 2.75) is 19.4 Å². The fraction of sp³-hybridized carbons (Fsp3) is 0.429. The van der Waals surface area contributed by atoms with E-state index in [9.17, 15) is 9.59 Å². The molecule has 0 bridgehead atoms. The fourth-order valence-corrected chi connectivity index (χ4v) is 2.52. The van der Waals surface area contributed by atoms with Gasteiger partial charge in [-0.15, -0.1) is 0 Å². The van der Waals surface area contributed by atoms with Crippen molar-refractivity contribution in [3.63, 3.8) is 0 Å². The molecule has 0 aromatic heterocycles. The average molecular weight is 357 g/mol. The second-order valence-corrected chi connectivity index (χ2v) is 5.70. The fourth-order valence-electron chi connectivity index (χ4n) is 2.16. The summed E-state index contributed by atoms with van der Waals surface area (Å²) in [6.07, 6.45) is -0.555. The lowest BCUT2D eigenvalue weighted by Crippen LogP contribution is -2.47. The molecule has 21 heavy (non-hydrogen) atoms. The maximum atomic E-state index is 12.3. The van der Waals surface area contributed by atoms with Crippen LogP contribution in [0.15, 0.2) is 22.7 Å². The largest absolute Gasteiger partial charge is 0.481 e. The number of aryl methyl sites for hydroxylation is 1. The molecule has 1 atom stereocenters. The minimum Gasteiger partial charge on any atom is -0.481 e. The van der Waals surface area contributed by atoms with Crippen molar-refractivity contribution >= 4 is 33.6 Å². The standard InChI is InChI=1S/C14H17BrN2O4/c1-9-3-2-4-11(13(9)15)16-14(20)17-5-6-21-10(8-17)7-12(18)19/h2-4,10H,5-8H2,1H3,(H,16,20)(H,18,19). The van der Waals surface area contributed by atoms with E-state index in [1.807, 2.05) is 25.1 Å². The number of rotatable bonds is 3. The third-order valence-electron chi connectivity index (χ3n) is 3.26. The number of carboxylic acids is 1. The first-order valence-electron chi connectivity index (χ1n) is 6.62. The van der Waals surface area contributed by atoms with Crippen LogP contribution in [0.4, 0.5) is 10.5 Å². The second-order valence-electron chi connectivity index (χ2n) is 4.90. The van der Waals surface area contributed by atoms with Crippen LogP contribution in [-0.2, 0) is 9.53 Å². The number of morpholine rings is 1. The van der Waals surface area contributed by atoms with Crippen molar-refractivity contribution in [3.05, 3.63) is 28.2 Å². The van der Waals surface area contributed by atoms with Crippen molar-refractivity contribution in [3.8, 4) is 0 Å². The van der Waals surface area contributed by atoms with Crippen LogP contribution < -0.4 is 5.32 Å². The summed E-state index contributed by atoms with van der Waals surface area (Å²) >= 11 is 3.44. The van der Waals surface area contributed by atoms with Crippen LogP contribution in [-0.4, -0.2) is 47.8 Å². The lowest BCUT2D eigenvalue weighted by molar-refractivity contribution is -0.141. The van der Waals surface area contributed by atoms with Gasteiger partial charge in [0, 0.05) is 17.6 Å². The number of carboxylic acid groups (broad SMARTS) is 1. The van der Waals surface area contributed by atoms with Crippen LogP contribution in [0.1, 0.15) is 12.0 Å². The average Bonchev–Trinajstić information content (AvgIpc) is 2.43. The number of nitrogens with zero attached hydrogens (tertiary/aromatic N) is 1. The molecule has 1 fully saturated rings. The van der Waals surface area contributed by atoms with Gasteiger partial charge in [-0.1, -0.05) is 12.1 Å². The molecular formula is C14H17BrN2O4. The zero-order chi connectivity index (χ0) is 15.4. The van der Waals surface area contributed by atoms with E-state index in [-0.39, 0.29) is 19.0 Å². The van der Waals surface area contributed by atoms with Crippen molar-refractivity contribution in [1.29, 1.82) is 0 Å². The minimum atomic E-state index is -0.927. The van der Waals surface area contributed by atoms with E-state index in [1.54, 1.807) is 4.90 Å². The molecule has 2 rings (SSSR count). The molecule has 1 heterocycles. The summed E-state index contributed by atoms with van der Waals surface area (Å²) in [5.74, 6) is -0.927. The second kappa shape index (κ2) is 6.91. The first-order valence-corrected chi connectivity index (χ1v) is 7.41. The highest BCUT2D eigenvalue weighted by molar-refractivity contribution is 9.10. The molecule has 1 aromatic carbocycles. The molecule has 1 aliphatic rings. The van der Waals surface area contributed by atoms with E-state index in [4.69, 9.17) is 9.84 Å². The van der Waals surface area contributed by atoms with Gasteiger partial charge in [0.1, 0.15) is 0 Å². The van der Waals surface area contributed by atoms with E-state index < -0.39 is 12.1 Å². The molecule has 2 amide bonds. The van der Waals surface area contributed by atoms with Gasteiger partial charge in [0.05, 0.1) is 24.8 Å². The highest BCUT2D eigenvalue weighted by Gasteiger charge is 2.26. The number of halogens is 1. The predicted molar refractivity (Wildman–Crippen MR) is 81.5 cm³/mol. The zero-order valence-electron chi connectivity index (χ0n) is 11.6. The number of ether oxygens (including phenoxy) is 1. The van der Waals surface area contributed by atoms with Gasteiger partial charge in [-0.25, -0.2) is 4.79 Å². The van der Waals surface area contributed by atoms with E-state index in [0.29, 0.717) is 18.8 Å². The number of urea groups is 1. The van der Waals surface area contributed by atoms with Crippen LogP contribution in [0.5, 0.6) is 0 Å². The first-order chi connectivity index (χ1) is 9.97. The highest BCUT2D eigenvalue weighted by Crippen LogP contribution is 2.26. The van der Waals surface area contributed by atoms with Crippen LogP contribution in [0.25, 0.3) is 0 Å². The summed E-state index contributed by atoms with van der Waals surface area (Å²) < 4.78 is 6.19. The quantitative estimate of drug-likeness (QED) is 0.871. The highest BCUT2D eigenvalue weighted by atomic mass is 79.9. The number of nitrogens with one attached hydrogen (secondary N) is 1. The van der Waals surface area contributed by atoms with Gasteiger partial charge in [0.15, 0.2) is 0 Å². The summed E-state index contributed by atoms with van der Waals surface area (Å²) in [5.41, 5.74) is 1.72. The third kappa shape index (κ3) is 4.18. The molecule has 0 aliphatic carbocycles. The van der Waals surface area contributed by atoms with Crippen molar-refractivity contribution < 1.29 is 19.4 Å². The predicted octanol–water partition coefficient (Wildman–Crippen LogP) is 2.46. The Morgan fingerprint density at radius 3 is 3.00 bits per heavy atom. The Labute approximate surface area is 131 Å². The lowest BCUT2D eigenvalue weighted by Gasteiger charge is -2.32. The number of amides is 2. The number of anilines is 1. The molecule has 0 saturated carbocycles. The third-order valence-corrected chi connectivity index (χ3v) is 4.31. The molecule has 114 valence electrons. The lowest BCUT2D eigenvalue weighted by atomic mass is 10.2. The zero-order valence-corrected chi connectivity index (χ0v) is 13.2. The Hall–Kier alpha value is -1.60. The molecular weight excluding hydrogens is 340 g/mol. The Balaban J connectivity index is 1.99. The molecule has 0 radical (unpaired) electrons. The van der Waals surface area contributed by atoms with Gasteiger partial charge in [-0.05, 0) is 34.5 Å². The maximum absolute atomic E-state index is 12.3. The molecule has 1 aliphatic heterocycles. The summed E-state index contributed by atoms with van der Waals surface area (Å²) in [5, 5.41) is 11.6. The Morgan fingerprint density at radius 2 is 2.29 bits per heavy atom. The van der Waals surface area contributed by atoms with Crippen molar-refractivity contribution in [2.24, 2.45) is 0 Å². The molecule has 1 unspecified atom stereocenters. The minimum absolute atomic E-state index is 0.0993. The Bertz CT molecular complexity index is 550. The van der Waals surface area contributed by atoms with Crippen LogP contribution in [0.3, 0.4) is 0 Å². The van der Waals surface area contributed by atoms with Gasteiger partial charge in [-0.3, -0.25) is 4.79 Å². The summed E-state index contributed by atoms with van der Waals surface area (Å²) in [6.45, 7) is 3.02. The summed E-state index contributed by atoms with van der Waals surface area (Å²) in [6, 6.07) is 5.36.